The van der Waals surface area contributed by atoms with E-state index < -0.39 is 5.60 Å². The van der Waals surface area contributed by atoms with Gasteiger partial charge >= 0.3 is 0 Å². The third kappa shape index (κ3) is 7.89. The van der Waals surface area contributed by atoms with Crippen LogP contribution < -0.4 is 15.5 Å². The van der Waals surface area contributed by atoms with Gasteiger partial charge in [-0.15, -0.1) is 24.0 Å². The van der Waals surface area contributed by atoms with Gasteiger partial charge in [-0.1, -0.05) is 0 Å². The fourth-order valence-electron chi connectivity index (χ4n) is 3.45. The fraction of sp³-hybridized carbons (Fsp3) is 0.500. The Morgan fingerprint density at radius 2 is 1.87 bits per heavy atom. The van der Waals surface area contributed by atoms with Crippen LogP contribution in [0.5, 0.6) is 0 Å². The van der Waals surface area contributed by atoms with Crippen molar-refractivity contribution >= 4 is 47.0 Å². The van der Waals surface area contributed by atoms with Crippen molar-refractivity contribution in [2.75, 3.05) is 57.3 Å². The Hall–Kier alpha value is -1.43. The zero-order valence-electron chi connectivity index (χ0n) is 18.2. The molecule has 1 saturated heterocycles. The molecule has 2 aromatic rings. The highest BCUT2D eigenvalue weighted by Gasteiger charge is 2.23. The maximum atomic E-state index is 13.1. The number of hydrogen-bond donors (Lipinski definition) is 3. The normalized spacial score (nSPS) is 17.0. The first-order valence-corrected chi connectivity index (χ1v) is 11.4. The number of thiophene rings is 1. The number of nitrogens with one attached hydrogen (secondary N) is 2. The molecular formula is C22H33FIN5OS. The van der Waals surface area contributed by atoms with E-state index in [1.807, 2.05) is 35.9 Å². The van der Waals surface area contributed by atoms with E-state index in [1.54, 1.807) is 18.3 Å². The number of guanidine groups is 1. The van der Waals surface area contributed by atoms with Gasteiger partial charge in [0.2, 0.25) is 0 Å². The lowest BCUT2D eigenvalue weighted by Gasteiger charge is -2.36. The van der Waals surface area contributed by atoms with Gasteiger partial charge in [0.1, 0.15) is 11.4 Å². The summed E-state index contributed by atoms with van der Waals surface area (Å²) in [5.74, 6) is 0.524. The van der Waals surface area contributed by atoms with Crippen LogP contribution in [0.3, 0.4) is 0 Å². The van der Waals surface area contributed by atoms with Crippen LogP contribution in [0, 0.1) is 5.82 Å². The Bertz CT molecular complexity index is 793. The van der Waals surface area contributed by atoms with Gasteiger partial charge in [-0.05, 0) is 60.5 Å². The lowest BCUT2D eigenvalue weighted by atomic mass is 10.00. The van der Waals surface area contributed by atoms with Crippen molar-refractivity contribution in [3.05, 3.63) is 52.5 Å². The number of anilines is 1. The average molecular weight is 562 g/mol. The minimum absolute atomic E-state index is 0. The smallest absolute Gasteiger partial charge is 0.191 e. The molecule has 0 bridgehead atoms. The van der Waals surface area contributed by atoms with Gasteiger partial charge in [-0.3, -0.25) is 4.90 Å². The number of rotatable bonds is 8. The van der Waals surface area contributed by atoms with Crippen LogP contribution in [-0.4, -0.2) is 68.3 Å². The van der Waals surface area contributed by atoms with Crippen LogP contribution >= 0.6 is 35.3 Å². The molecule has 1 unspecified atom stereocenters. The van der Waals surface area contributed by atoms with Gasteiger partial charge in [0.25, 0.3) is 0 Å². The number of benzene rings is 1. The topological polar surface area (TPSA) is 63.1 Å². The van der Waals surface area contributed by atoms with E-state index in [1.165, 1.54) is 12.1 Å². The quantitative estimate of drug-likeness (QED) is 0.263. The average Bonchev–Trinajstić information content (AvgIpc) is 3.29. The first kappa shape index (κ1) is 25.8. The first-order valence-electron chi connectivity index (χ1n) is 10.5. The second kappa shape index (κ2) is 12.6. The van der Waals surface area contributed by atoms with E-state index in [4.69, 9.17) is 0 Å². The summed E-state index contributed by atoms with van der Waals surface area (Å²) < 4.78 is 13.1. The molecule has 0 saturated carbocycles. The summed E-state index contributed by atoms with van der Waals surface area (Å²) in [6.07, 6.45) is 0. The molecule has 1 aromatic heterocycles. The van der Waals surface area contributed by atoms with Crippen LogP contribution in [-0.2, 0) is 5.60 Å². The fourth-order valence-corrected chi connectivity index (χ4v) is 4.23. The lowest BCUT2D eigenvalue weighted by molar-refractivity contribution is 0.0677. The minimum Gasteiger partial charge on any atom is -0.383 e. The van der Waals surface area contributed by atoms with E-state index in [0.29, 0.717) is 6.54 Å². The van der Waals surface area contributed by atoms with Gasteiger partial charge in [0.05, 0.1) is 6.54 Å². The van der Waals surface area contributed by atoms with Crippen molar-refractivity contribution in [1.29, 1.82) is 0 Å². The van der Waals surface area contributed by atoms with E-state index in [9.17, 15) is 9.50 Å². The summed E-state index contributed by atoms with van der Waals surface area (Å²) in [7, 11) is 0. The second-order valence-corrected chi connectivity index (χ2v) is 8.49. The summed E-state index contributed by atoms with van der Waals surface area (Å²) in [5.41, 5.74) is 0.999. The molecule has 1 aliphatic heterocycles. The molecule has 1 fully saturated rings. The van der Waals surface area contributed by atoms with Crippen molar-refractivity contribution in [2.24, 2.45) is 4.99 Å². The standard InChI is InChI=1S/C22H32FN5OS.HI/c1-3-24-21(26-17-22(2,29)18-8-15-30-16-18)25-9-10-27-11-13-28(14-12-27)20-6-4-19(23)5-7-20;/h4-8,15-16,29H,3,9-14,17H2,1-2H3,(H2,24,25,26);1H. The molecule has 9 heteroatoms. The van der Waals surface area contributed by atoms with Gasteiger partial charge in [0.15, 0.2) is 5.96 Å². The molecule has 1 atom stereocenters. The van der Waals surface area contributed by atoms with Crippen molar-refractivity contribution < 1.29 is 9.50 Å². The maximum absolute atomic E-state index is 13.1. The molecule has 172 valence electrons. The molecule has 6 nitrogen and oxygen atoms in total. The molecule has 3 N–H and O–H groups in total. The maximum Gasteiger partial charge on any atom is 0.191 e. The number of hydrogen-bond acceptors (Lipinski definition) is 5. The lowest BCUT2D eigenvalue weighted by Crippen LogP contribution is -2.49. The number of halogens is 2. The van der Waals surface area contributed by atoms with Gasteiger partial charge < -0.3 is 20.6 Å². The van der Waals surface area contributed by atoms with Gasteiger partial charge in [-0.25, -0.2) is 9.38 Å². The summed E-state index contributed by atoms with van der Waals surface area (Å²) in [4.78, 5) is 9.28. The Morgan fingerprint density at radius 3 is 2.48 bits per heavy atom. The van der Waals surface area contributed by atoms with Crippen LogP contribution in [0.4, 0.5) is 10.1 Å². The number of piperazine rings is 1. The molecule has 0 radical (unpaired) electrons. The van der Waals surface area contributed by atoms with Crippen molar-refractivity contribution in [2.45, 2.75) is 19.4 Å². The molecule has 3 rings (SSSR count). The van der Waals surface area contributed by atoms with Crippen molar-refractivity contribution in [3.8, 4) is 0 Å². The van der Waals surface area contributed by atoms with Crippen LogP contribution in [0.15, 0.2) is 46.1 Å². The third-order valence-electron chi connectivity index (χ3n) is 5.32. The van der Waals surface area contributed by atoms with E-state index in [0.717, 1.165) is 63.0 Å². The molecule has 0 aliphatic carbocycles. The van der Waals surface area contributed by atoms with E-state index >= 15 is 0 Å². The zero-order chi connectivity index (χ0) is 21.4. The number of aliphatic hydroxyl groups is 1. The Labute approximate surface area is 205 Å². The van der Waals surface area contributed by atoms with Crippen LogP contribution in [0.2, 0.25) is 0 Å². The Balaban J connectivity index is 0.00000341. The second-order valence-electron chi connectivity index (χ2n) is 7.71. The molecule has 1 aliphatic rings. The van der Waals surface area contributed by atoms with Crippen molar-refractivity contribution in [1.82, 2.24) is 15.5 Å². The van der Waals surface area contributed by atoms with Crippen LogP contribution in [0.1, 0.15) is 19.4 Å². The predicted octanol–water partition coefficient (Wildman–Crippen LogP) is 3.09. The molecular weight excluding hydrogens is 528 g/mol. The largest absolute Gasteiger partial charge is 0.383 e. The molecule has 31 heavy (non-hydrogen) atoms. The molecule has 1 aromatic carbocycles. The van der Waals surface area contributed by atoms with Crippen molar-refractivity contribution in [3.63, 3.8) is 0 Å². The van der Waals surface area contributed by atoms with Gasteiger partial charge in [-0.2, -0.15) is 11.3 Å². The summed E-state index contributed by atoms with van der Waals surface area (Å²) in [5, 5.41) is 21.2. The third-order valence-corrected chi connectivity index (χ3v) is 6.00. The Morgan fingerprint density at radius 1 is 1.16 bits per heavy atom. The SMILES string of the molecule is CCNC(=NCC(C)(O)c1ccsc1)NCCN1CCN(c2ccc(F)cc2)CC1.I. The van der Waals surface area contributed by atoms with Gasteiger partial charge in [0, 0.05) is 51.5 Å². The molecule has 0 amide bonds. The van der Waals surface area contributed by atoms with E-state index in [-0.39, 0.29) is 29.8 Å². The highest BCUT2D eigenvalue weighted by molar-refractivity contribution is 14.0. The predicted molar refractivity (Wildman–Crippen MR) is 138 cm³/mol. The van der Waals surface area contributed by atoms with Crippen LogP contribution in [0.25, 0.3) is 0 Å². The Kier molecular flexibility index (Phi) is 10.5. The minimum atomic E-state index is -0.973. The number of aliphatic imine (C=N–C) groups is 1. The van der Waals surface area contributed by atoms with E-state index in [2.05, 4.69) is 25.4 Å². The summed E-state index contributed by atoms with van der Waals surface area (Å²) >= 11 is 1.57. The summed E-state index contributed by atoms with van der Waals surface area (Å²) in [6.45, 7) is 10.4. The molecule has 0 spiro atoms. The highest BCUT2D eigenvalue weighted by atomic mass is 127. The zero-order valence-corrected chi connectivity index (χ0v) is 21.3. The first-order chi connectivity index (χ1) is 14.5. The highest BCUT2D eigenvalue weighted by Crippen LogP contribution is 2.23. The monoisotopic (exact) mass is 561 g/mol. The molecule has 2 heterocycles. The number of nitrogens with zero attached hydrogens (tertiary/aromatic N) is 3. The summed E-state index contributed by atoms with van der Waals surface area (Å²) in [6, 6.07) is 8.66.